The number of aryl methyl sites for hydroxylation is 1. The first kappa shape index (κ1) is 22.2. The van der Waals surface area contributed by atoms with Crippen molar-refractivity contribution in [2.45, 2.75) is 25.2 Å². The number of aromatic nitrogens is 2. The van der Waals surface area contributed by atoms with Crippen LogP contribution in [0.25, 0.3) is 0 Å². The number of guanidine groups is 1. The smallest absolute Gasteiger partial charge is 0.193 e. The summed E-state index contributed by atoms with van der Waals surface area (Å²) in [6, 6.07) is 0. The quantitative estimate of drug-likeness (QED) is 0.261. The number of aliphatic imine (C=N–C) groups is 1. The largest absolute Gasteiger partial charge is 0.382 e. The molecule has 7 nitrogen and oxygen atoms in total. The van der Waals surface area contributed by atoms with Crippen LogP contribution < -0.4 is 5.32 Å². The molecule has 1 atom stereocenters. The van der Waals surface area contributed by atoms with Gasteiger partial charge in [0.25, 0.3) is 0 Å². The Balaban J connectivity index is 0.00000312. The van der Waals surface area contributed by atoms with Crippen LogP contribution in [0.4, 0.5) is 0 Å². The second-order valence-corrected chi connectivity index (χ2v) is 6.17. The minimum atomic E-state index is 0. The molecule has 144 valence electrons. The summed E-state index contributed by atoms with van der Waals surface area (Å²) in [4.78, 5) is 6.76. The lowest BCUT2D eigenvalue weighted by Crippen LogP contribution is -2.40. The lowest BCUT2D eigenvalue weighted by molar-refractivity contribution is 0.0689. The van der Waals surface area contributed by atoms with Crippen molar-refractivity contribution >= 4 is 29.9 Å². The molecule has 1 saturated heterocycles. The summed E-state index contributed by atoms with van der Waals surface area (Å²) in [6.07, 6.45) is 7.37. The van der Waals surface area contributed by atoms with Gasteiger partial charge in [-0.25, -0.2) is 0 Å². The molecule has 1 fully saturated rings. The molecule has 0 aromatic carbocycles. The first-order valence-electron chi connectivity index (χ1n) is 8.75. The molecule has 1 aliphatic heterocycles. The van der Waals surface area contributed by atoms with Crippen LogP contribution in [0.15, 0.2) is 17.4 Å². The molecule has 2 rings (SSSR count). The van der Waals surface area contributed by atoms with Crippen molar-refractivity contribution in [2.24, 2.45) is 12.0 Å². The van der Waals surface area contributed by atoms with Crippen LogP contribution in [0.3, 0.4) is 0 Å². The number of rotatable bonds is 9. The molecular weight excluding hydrogens is 433 g/mol. The molecule has 1 aromatic rings. The van der Waals surface area contributed by atoms with Crippen molar-refractivity contribution < 1.29 is 9.47 Å². The van der Waals surface area contributed by atoms with Gasteiger partial charge in [-0.05, 0) is 24.8 Å². The van der Waals surface area contributed by atoms with Gasteiger partial charge in [-0.15, -0.1) is 24.0 Å². The topological polar surface area (TPSA) is 63.9 Å². The number of unbranched alkanes of at least 4 members (excludes halogenated alkanes) is 1. The number of methoxy groups -OCH3 is 1. The minimum Gasteiger partial charge on any atom is -0.382 e. The highest BCUT2D eigenvalue weighted by Crippen LogP contribution is 2.26. The van der Waals surface area contributed by atoms with E-state index in [0.717, 1.165) is 51.5 Å². The highest BCUT2D eigenvalue weighted by molar-refractivity contribution is 14.0. The Labute approximate surface area is 168 Å². The summed E-state index contributed by atoms with van der Waals surface area (Å²) in [6.45, 7) is 5.10. The zero-order valence-corrected chi connectivity index (χ0v) is 17.9. The van der Waals surface area contributed by atoms with E-state index in [2.05, 4.69) is 26.5 Å². The lowest BCUT2D eigenvalue weighted by Gasteiger charge is -2.21. The van der Waals surface area contributed by atoms with E-state index in [4.69, 9.17) is 9.47 Å². The number of nitrogens with zero attached hydrogens (tertiary/aromatic N) is 4. The fourth-order valence-electron chi connectivity index (χ4n) is 2.98. The zero-order valence-electron chi connectivity index (χ0n) is 15.6. The van der Waals surface area contributed by atoms with Crippen molar-refractivity contribution in [1.82, 2.24) is 20.0 Å². The fraction of sp³-hybridized carbons (Fsp3) is 0.765. The highest BCUT2D eigenvalue weighted by atomic mass is 127. The van der Waals surface area contributed by atoms with Crippen LogP contribution in [0.2, 0.25) is 0 Å². The SMILES string of the molecule is CN=C(NCCCCOCCOC)N1CCC(c2cnn(C)c2)C1.I. The molecule has 0 aliphatic carbocycles. The third kappa shape index (κ3) is 7.49. The average molecular weight is 465 g/mol. The summed E-state index contributed by atoms with van der Waals surface area (Å²) in [5.74, 6) is 1.55. The number of halogens is 1. The Morgan fingerprint density at radius 3 is 2.88 bits per heavy atom. The van der Waals surface area contributed by atoms with Gasteiger partial charge in [-0.3, -0.25) is 9.67 Å². The van der Waals surface area contributed by atoms with Gasteiger partial charge in [-0.1, -0.05) is 0 Å². The Kier molecular flexibility index (Phi) is 11.1. The summed E-state index contributed by atoms with van der Waals surface area (Å²) >= 11 is 0. The van der Waals surface area contributed by atoms with Gasteiger partial charge in [0.1, 0.15) is 0 Å². The number of hydrogen-bond donors (Lipinski definition) is 1. The predicted molar refractivity (Wildman–Crippen MR) is 111 cm³/mol. The second kappa shape index (κ2) is 12.5. The maximum absolute atomic E-state index is 5.47. The van der Waals surface area contributed by atoms with E-state index >= 15 is 0 Å². The Bertz CT molecular complexity index is 509. The third-order valence-electron chi connectivity index (χ3n) is 4.33. The first-order chi connectivity index (χ1) is 11.7. The number of ether oxygens (including phenoxy) is 2. The summed E-state index contributed by atoms with van der Waals surface area (Å²) in [5.41, 5.74) is 1.32. The van der Waals surface area contributed by atoms with E-state index in [9.17, 15) is 0 Å². The monoisotopic (exact) mass is 465 g/mol. The molecular formula is C17H32IN5O2. The maximum atomic E-state index is 5.47. The molecule has 1 aliphatic rings. The number of hydrogen-bond acceptors (Lipinski definition) is 4. The maximum Gasteiger partial charge on any atom is 0.193 e. The molecule has 0 amide bonds. The second-order valence-electron chi connectivity index (χ2n) is 6.17. The highest BCUT2D eigenvalue weighted by Gasteiger charge is 2.26. The molecule has 2 heterocycles. The van der Waals surface area contributed by atoms with E-state index in [1.165, 1.54) is 5.56 Å². The predicted octanol–water partition coefficient (Wildman–Crippen LogP) is 1.85. The van der Waals surface area contributed by atoms with E-state index in [1.54, 1.807) is 7.11 Å². The molecule has 1 N–H and O–H groups in total. The Hall–Kier alpha value is -0.870. The zero-order chi connectivity index (χ0) is 17.2. The first-order valence-corrected chi connectivity index (χ1v) is 8.75. The van der Waals surface area contributed by atoms with Crippen molar-refractivity contribution in [3.05, 3.63) is 18.0 Å². The lowest BCUT2D eigenvalue weighted by atomic mass is 10.0. The van der Waals surface area contributed by atoms with E-state index < -0.39 is 0 Å². The average Bonchev–Trinajstić information content (AvgIpc) is 3.22. The normalized spacial score (nSPS) is 17.6. The van der Waals surface area contributed by atoms with Gasteiger partial charge in [0, 0.05) is 59.6 Å². The Morgan fingerprint density at radius 2 is 2.20 bits per heavy atom. The fourth-order valence-corrected chi connectivity index (χ4v) is 2.98. The van der Waals surface area contributed by atoms with Crippen LogP contribution in [-0.2, 0) is 16.5 Å². The molecule has 0 radical (unpaired) electrons. The van der Waals surface area contributed by atoms with Crippen LogP contribution in [0, 0.1) is 0 Å². The van der Waals surface area contributed by atoms with Gasteiger partial charge >= 0.3 is 0 Å². The van der Waals surface area contributed by atoms with E-state index in [-0.39, 0.29) is 24.0 Å². The van der Waals surface area contributed by atoms with Crippen molar-refractivity contribution in [1.29, 1.82) is 0 Å². The van der Waals surface area contributed by atoms with E-state index in [1.807, 2.05) is 25.0 Å². The third-order valence-corrected chi connectivity index (χ3v) is 4.33. The van der Waals surface area contributed by atoms with Gasteiger partial charge in [0.2, 0.25) is 0 Å². The van der Waals surface area contributed by atoms with Crippen LogP contribution in [0.1, 0.15) is 30.7 Å². The summed E-state index contributed by atoms with van der Waals surface area (Å²) < 4.78 is 12.3. The van der Waals surface area contributed by atoms with Gasteiger partial charge in [0.05, 0.1) is 19.4 Å². The van der Waals surface area contributed by atoms with Gasteiger partial charge in [0.15, 0.2) is 5.96 Å². The van der Waals surface area contributed by atoms with Gasteiger partial charge in [-0.2, -0.15) is 5.10 Å². The van der Waals surface area contributed by atoms with Crippen LogP contribution in [0.5, 0.6) is 0 Å². The molecule has 8 heteroatoms. The van der Waals surface area contributed by atoms with Crippen molar-refractivity contribution in [3.63, 3.8) is 0 Å². The van der Waals surface area contributed by atoms with Crippen LogP contribution >= 0.6 is 24.0 Å². The van der Waals surface area contributed by atoms with Crippen LogP contribution in [-0.4, -0.2) is 74.3 Å². The van der Waals surface area contributed by atoms with Crippen molar-refractivity contribution in [3.8, 4) is 0 Å². The molecule has 1 aromatic heterocycles. The molecule has 1 unspecified atom stereocenters. The number of nitrogens with one attached hydrogen (secondary N) is 1. The van der Waals surface area contributed by atoms with Crippen molar-refractivity contribution in [2.75, 3.05) is 53.6 Å². The van der Waals surface area contributed by atoms with E-state index in [0.29, 0.717) is 19.1 Å². The Morgan fingerprint density at radius 1 is 1.36 bits per heavy atom. The summed E-state index contributed by atoms with van der Waals surface area (Å²) in [5, 5.41) is 7.75. The molecule has 0 saturated carbocycles. The summed E-state index contributed by atoms with van der Waals surface area (Å²) in [7, 11) is 5.51. The standard InChI is InChI=1S/C17H31N5O2.HI/c1-18-17(19-7-4-5-9-24-11-10-23-3)22-8-6-15(14-22)16-12-20-21(2)13-16;/h12-13,15H,4-11,14H2,1-3H3,(H,18,19);1H. The molecule has 0 bridgehead atoms. The van der Waals surface area contributed by atoms with Gasteiger partial charge < -0.3 is 19.7 Å². The molecule has 0 spiro atoms. The molecule has 25 heavy (non-hydrogen) atoms. The minimum absolute atomic E-state index is 0. The number of likely N-dealkylation sites (tertiary alicyclic amines) is 1.